The molecule has 0 spiro atoms. The summed E-state index contributed by atoms with van der Waals surface area (Å²) in [5, 5.41) is 10.6. The SMILES string of the molecule is CSc1ccccc1C(=O)OCc1ccc([N+](=O)[O-])cc1. The number of carbonyl (C=O) groups excluding carboxylic acids is 1. The Balaban J connectivity index is 2.02. The van der Waals surface area contributed by atoms with E-state index in [1.54, 1.807) is 24.3 Å². The third-order valence-corrected chi connectivity index (χ3v) is 3.64. The second kappa shape index (κ2) is 6.90. The molecule has 0 fully saturated rings. The summed E-state index contributed by atoms with van der Waals surface area (Å²) in [4.78, 5) is 23.0. The molecule has 0 saturated heterocycles. The lowest BCUT2D eigenvalue weighted by atomic mass is 10.2. The molecule has 0 saturated carbocycles. The van der Waals surface area contributed by atoms with Crippen LogP contribution in [0.1, 0.15) is 15.9 Å². The summed E-state index contributed by atoms with van der Waals surface area (Å²) in [5.74, 6) is -0.404. The van der Waals surface area contributed by atoms with E-state index in [1.807, 2.05) is 18.4 Å². The van der Waals surface area contributed by atoms with Crippen molar-refractivity contribution in [2.45, 2.75) is 11.5 Å². The number of hydrogen-bond acceptors (Lipinski definition) is 5. The first kappa shape index (κ1) is 15.1. The van der Waals surface area contributed by atoms with Crippen LogP contribution >= 0.6 is 11.8 Å². The lowest BCUT2D eigenvalue weighted by molar-refractivity contribution is -0.384. The fourth-order valence-electron chi connectivity index (χ4n) is 1.75. The average Bonchev–Trinajstić information content (AvgIpc) is 2.52. The summed E-state index contributed by atoms with van der Waals surface area (Å²) in [6.45, 7) is 0.0829. The lowest BCUT2D eigenvalue weighted by Crippen LogP contribution is -2.06. The Bertz CT molecular complexity index is 655. The summed E-state index contributed by atoms with van der Waals surface area (Å²) in [5.41, 5.74) is 1.24. The molecule has 0 heterocycles. The second-order valence-electron chi connectivity index (χ2n) is 4.20. The summed E-state index contributed by atoms with van der Waals surface area (Å²) in [6.07, 6.45) is 1.89. The minimum absolute atomic E-state index is 0.0119. The number of nitrogens with zero attached hydrogens (tertiary/aromatic N) is 1. The minimum atomic E-state index is -0.468. The third kappa shape index (κ3) is 3.82. The summed E-state index contributed by atoms with van der Waals surface area (Å²) in [7, 11) is 0. The Labute approximate surface area is 126 Å². The van der Waals surface area contributed by atoms with E-state index < -0.39 is 10.9 Å². The van der Waals surface area contributed by atoms with E-state index in [1.165, 1.54) is 23.9 Å². The van der Waals surface area contributed by atoms with Crippen LogP contribution in [0.2, 0.25) is 0 Å². The normalized spacial score (nSPS) is 10.1. The van der Waals surface area contributed by atoms with Gasteiger partial charge in [-0.3, -0.25) is 10.1 Å². The van der Waals surface area contributed by atoms with E-state index in [-0.39, 0.29) is 12.3 Å². The zero-order valence-corrected chi connectivity index (χ0v) is 12.1. The van der Waals surface area contributed by atoms with Crippen LogP contribution in [0.25, 0.3) is 0 Å². The van der Waals surface area contributed by atoms with Crippen LogP contribution in [-0.4, -0.2) is 17.1 Å². The molecule has 0 N–H and O–H groups in total. The largest absolute Gasteiger partial charge is 0.457 e. The number of thioether (sulfide) groups is 1. The van der Waals surface area contributed by atoms with Gasteiger partial charge in [0.2, 0.25) is 0 Å². The molecule has 21 heavy (non-hydrogen) atoms. The van der Waals surface area contributed by atoms with Crippen molar-refractivity contribution in [1.82, 2.24) is 0 Å². The molecule has 0 aromatic heterocycles. The number of ether oxygens (including phenoxy) is 1. The molecular weight excluding hydrogens is 290 g/mol. The first-order chi connectivity index (χ1) is 10.1. The fourth-order valence-corrected chi connectivity index (χ4v) is 2.34. The number of rotatable bonds is 5. The van der Waals surface area contributed by atoms with Gasteiger partial charge in [-0.2, -0.15) is 0 Å². The smallest absolute Gasteiger partial charge is 0.339 e. The van der Waals surface area contributed by atoms with Crippen molar-refractivity contribution in [3.63, 3.8) is 0 Å². The molecule has 0 aliphatic rings. The molecule has 2 aromatic rings. The van der Waals surface area contributed by atoms with Gasteiger partial charge in [0.05, 0.1) is 10.5 Å². The molecule has 0 atom stereocenters. The highest BCUT2D eigenvalue weighted by Crippen LogP contribution is 2.21. The maximum atomic E-state index is 12.0. The molecule has 108 valence electrons. The zero-order chi connectivity index (χ0) is 15.2. The van der Waals surface area contributed by atoms with Crippen LogP contribution in [0, 0.1) is 10.1 Å². The molecule has 5 nitrogen and oxygen atoms in total. The minimum Gasteiger partial charge on any atom is -0.457 e. The van der Waals surface area contributed by atoms with Crippen LogP contribution in [-0.2, 0) is 11.3 Å². The molecule has 0 aliphatic heterocycles. The van der Waals surface area contributed by atoms with Crippen molar-refractivity contribution in [3.05, 3.63) is 69.8 Å². The Hall–Kier alpha value is -2.34. The van der Waals surface area contributed by atoms with Crippen molar-refractivity contribution < 1.29 is 14.5 Å². The van der Waals surface area contributed by atoms with Crippen LogP contribution in [0.3, 0.4) is 0 Å². The molecule has 0 amide bonds. The Morgan fingerprint density at radius 3 is 2.48 bits per heavy atom. The molecule has 0 aliphatic carbocycles. The van der Waals surface area contributed by atoms with Crippen molar-refractivity contribution in [3.8, 4) is 0 Å². The first-order valence-corrected chi connectivity index (χ1v) is 7.38. The number of esters is 1. The van der Waals surface area contributed by atoms with E-state index in [4.69, 9.17) is 4.74 Å². The predicted molar refractivity (Wildman–Crippen MR) is 80.4 cm³/mol. The van der Waals surface area contributed by atoms with Crippen LogP contribution in [0.15, 0.2) is 53.4 Å². The van der Waals surface area contributed by atoms with Gasteiger partial charge >= 0.3 is 5.97 Å². The Morgan fingerprint density at radius 2 is 1.86 bits per heavy atom. The first-order valence-electron chi connectivity index (χ1n) is 6.15. The Morgan fingerprint density at radius 1 is 1.19 bits per heavy atom. The van der Waals surface area contributed by atoms with Gasteiger partial charge in [0, 0.05) is 17.0 Å². The van der Waals surface area contributed by atoms with Gasteiger partial charge in [-0.05, 0) is 36.1 Å². The van der Waals surface area contributed by atoms with Crippen molar-refractivity contribution in [1.29, 1.82) is 0 Å². The number of non-ortho nitro benzene ring substituents is 1. The Kier molecular flexibility index (Phi) is 4.94. The number of carbonyl (C=O) groups is 1. The highest BCUT2D eigenvalue weighted by molar-refractivity contribution is 7.98. The van der Waals surface area contributed by atoms with Gasteiger partial charge in [-0.1, -0.05) is 12.1 Å². The number of hydrogen-bond donors (Lipinski definition) is 0. The molecule has 0 radical (unpaired) electrons. The molecule has 6 heteroatoms. The van der Waals surface area contributed by atoms with E-state index in [2.05, 4.69) is 0 Å². The summed E-state index contributed by atoms with van der Waals surface area (Å²) < 4.78 is 5.23. The molecule has 0 unspecified atom stereocenters. The quantitative estimate of drug-likeness (QED) is 0.365. The van der Waals surface area contributed by atoms with Crippen molar-refractivity contribution in [2.75, 3.05) is 6.26 Å². The van der Waals surface area contributed by atoms with Crippen LogP contribution in [0.5, 0.6) is 0 Å². The van der Waals surface area contributed by atoms with E-state index in [0.717, 1.165) is 4.90 Å². The van der Waals surface area contributed by atoms with Gasteiger partial charge < -0.3 is 4.74 Å². The molecule has 2 rings (SSSR count). The fraction of sp³-hybridized carbons (Fsp3) is 0.133. The molecule has 2 aromatic carbocycles. The van der Waals surface area contributed by atoms with Crippen molar-refractivity contribution >= 4 is 23.4 Å². The van der Waals surface area contributed by atoms with Gasteiger partial charge in [-0.15, -0.1) is 11.8 Å². The van der Waals surface area contributed by atoms with E-state index >= 15 is 0 Å². The molecule has 0 bridgehead atoms. The summed E-state index contributed by atoms with van der Waals surface area (Å²) >= 11 is 1.47. The monoisotopic (exact) mass is 303 g/mol. The maximum absolute atomic E-state index is 12.0. The zero-order valence-electron chi connectivity index (χ0n) is 11.3. The topological polar surface area (TPSA) is 69.4 Å². The van der Waals surface area contributed by atoms with Crippen LogP contribution in [0.4, 0.5) is 5.69 Å². The highest BCUT2D eigenvalue weighted by atomic mass is 32.2. The van der Waals surface area contributed by atoms with Crippen molar-refractivity contribution in [2.24, 2.45) is 0 Å². The van der Waals surface area contributed by atoms with Gasteiger partial charge in [0.15, 0.2) is 0 Å². The number of nitro benzene ring substituents is 1. The van der Waals surface area contributed by atoms with Gasteiger partial charge in [0.1, 0.15) is 6.61 Å². The number of nitro groups is 1. The average molecular weight is 303 g/mol. The van der Waals surface area contributed by atoms with Crippen LogP contribution < -0.4 is 0 Å². The highest BCUT2D eigenvalue weighted by Gasteiger charge is 2.12. The summed E-state index contributed by atoms with van der Waals surface area (Å²) in [6, 6.07) is 13.1. The predicted octanol–water partition coefficient (Wildman–Crippen LogP) is 3.67. The van der Waals surface area contributed by atoms with Gasteiger partial charge in [0.25, 0.3) is 5.69 Å². The second-order valence-corrected chi connectivity index (χ2v) is 5.05. The van der Waals surface area contributed by atoms with Gasteiger partial charge in [-0.25, -0.2) is 4.79 Å². The number of benzene rings is 2. The maximum Gasteiger partial charge on any atom is 0.339 e. The third-order valence-electron chi connectivity index (χ3n) is 2.84. The van der Waals surface area contributed by atoms with E-state index in [0.29, 0.717) is 11.1 Å². The van der Waals surface area contributed by atoms with E-state index in [9.17, 15) is 14.9 Å². The standard InChI is InChI=1S/C15H13NO4S/c1-21-14-5-3-2-4-13(14)15(17)20-10-11-6-8-12(9-7-11)16(18)19/h2-9H,10H2,1H3. The lowest BCUT2D eigenvalue weighted by Gasteiger charge is -2.07. The molecular formula is C15H13NO4S.